The first-order valence-corrected chi connectivity index (χ1v) is 7.30. The molecule has 1 fully saturated rings. The molecule has 0 spiro atoms. The van der Waals surface area contributed by atoms with Gasteiger partial charge in [-0.1, -0.05) is 6.92 Å². The molecule has 0 bridgehead atoms. The van der Waals surface area contributed by atoms with Crippen LogP contribution in [-0.4, -0.2) is 40.6 Å². The van der Waals surface area contributed by atoms with Crippen molar-refractivity contribution in [1.29, 1.82) is 0 Å². The van der Waals surface area contributed by atoms with E-state index >= 15 is 0 Å². The smallest absolute Gasteiger partial charge is 0.271 e. The zero-order valence-electron chi connectivity index (χ0n) is 12.0. The average molecular weight is 289 g/mol. The molecule has 0 saturated carbocycles. The maximum Gasteiger partial charge on any atom is 0.271 e. The van der Waals surface area contributed by atoms with Gasteiger partial charge < -0.3 is 15.2 Å². The zero-order chi connectivity index (χ0) is 14.8. The third kappa shape index (κ3) is 2.69. The van der Waals surface area contributed by atoms with Gasteiger partial charge in [-0.05, 0) is 25.5 Å². The van der Waals surface area contributed by atoms with E-state index < -0.39 is 0 Å². The van der Waals surface area contributed by atoms with Gasteiger partial charge in [-0.3, -0.25) is 10.1 Å². The third-order valence-electron chi connectivity index (χ3n) is 3.94. The van der Waals surface area contributed by atoms with E-state index in [1.165, 1.54) is 6.07 Å². The number of nitro benzene ring substituents is 1. The van der Waals surface area contributed by atoms with Crippen molar-refractivity contribution < 1.29 is 4.92 Å². The van der Waals surface area contributed by atoms with Crippen LogP contribution in [-0.2, 0) is 0 Å². The highest BCUT2D eigenvalue weighted by molar-refractivity contribution is 5.80. The predicted molar refractivity (Wildman–Crippen MR) is 81.7 cm³/mol. The van der Waals surface area contributed by atoms with Gasteiger partial charge in [-0.2, -0.15) is 0 Å². The number of non-ortho nitro benzene ring substituents is 1. The van der Waals surface area contributed by atoms with Crippen LogP contribution in [0.15, 0.2) is 18.2 Å². The van der Waals surface area contributed by atoms with E-state index in [1.807, 2.05) is 0 Å². The summed E-state index contributed by atoms with van der Waals surface area (Å²) >= 11 is 0. The Hall–Kier alpha value is -2.15. The number of anilines is 1. The van der Waals surface area contributed by atoms with Gasteiger partial charge in [0.05, 0.1) is 16.0 Å². The number of hydrogen-bond acceptors (Lipinski definition) is 5. The van der Waals surface area contributed by atoms with Crippen molar-refractivity contribution in [3.63, 3.8) is 0 Å². The van der Waals surface area contributed by atoms with E-state index in [4.69, 9.17) is 0 Å². The highest BCUT2D eigenvalue weighted by atomic mass is 16.6. The number of imidazole rings is 1. The van der Waals surface area contributed by atoms with Crippen LogP contribution < -0.4 is 10.2 Å². The lowest BCUT2D eigenvalue weighted by atomic mass is 10.2. The fourth-order valence-corrected chi connectivity index (χ4v) is 2.87. The SMILES string of the molecule is CCNCC1CCCN1c1nc2ccc([N+](=O)[O-])cc2[nH]1. The van der Waals surface area contributed by atoms with Crippen molar-refractivity contribution >= 4 is 22.7 Å². The summed E-state index contributed by atoms with van der Waals surface area (Å²) in [4.78, 5) is 20.5. The molecule has 0 aliphatic carbocycles. The second kappa shape index (κ2) is 5.69. The number of nitro groups is 1. The first-order valence-electron chi connectivity index (χ1n) is 7.30. The maximum atomic E-state index is 10.8. The number of aromatic amines is 1. The molecule has 0 radical (unpaired) electrons. The van der Waals surface area contributed by atoms with Crippen molar-refractivity contribution in [1.82, 2.24) is 15.3 Å². The van der Waals surface area contributed by atoms with Gasteiger partial charge in [0, 0.05) is 31.3 Å². The highest BCUT2D eigenvalue weighted by Gasteiger charge is 2.26. The molecule has 0 amide bonds. The molecule has 1 unspecified atom stereocenters. The summed E-state index contributed by atoms with van der Waals surface area (Å²) in [5.74, 6) is 0.811. The molecule has 3 rings (SSSR count). The highest BCUT2D eigenvalue weighted by Crippen LogP contribution is 2.26. The summed E-state index contributed by atoms with van der Waals surface area (Å²) in [6.07, 6.45) is 2.29. The fourth-order valence-electron chi connectivity index (χ4n) is 2.87. The molecule has 7 heteroatoms. The monoisotopic (exact) mass is 289 g/mol. The lowest BCUT2D eigenvalue weighted by Crippen LogP contribution is -2.38. The molecule has 21 heavy (non-hydrogen) atoms. The second-order valence-electron chi connectivity index (χ2n) is 5.32. The number of rotatable bonds is 5. The van der Waals surface area contributed by atoms with E-state index in [-0.39, 0.29) is 10.6 Å². The molecule has 2 heterocycles. The number of H-pyrrole nitrogens is 1. The minimum atomic E-state index is -0.385. The lowest BCUT2D eigenvalue weighted by Gasteiger charge is -2.24. The Bertz CT molecular complexity index is 654. The molecule has 2 N–H and O–H groups in total. The Labute approximate surface area is 122 Å². The number of nitrogens with zero attached hydrogens (tertiary/aromatic N) is 3. The molecule has 1 saturated heterocycles. The second-order valence-corrected chi connectivity index (χ2v) is 5.32. The average Bonchev–Trinajstić information content (AvgIpc) is 3.09. The van der Waals surface area contributed by atoms with E-state index in [0.717, 1.165) is 43.9 Å². The predicted octanol–water partition coefficient (Wildman–Crippen LogP) is 2.05. The number of likely N-dealkylation sites (N-methyl/N-ethyl adjacent to an activating group) is 1. The Morgan fingerprint density at radius 3 is 3.19 bits per heavy atom. The molecule has 1 aliphatic heterocycles. The molecule has 112 valence electrons. The van der Waals surface area contributed by atoms with Crippen molar-refractivity contribution in [3.8, 4) is 0 Å². The van der Waals surface area contributed by atoms with Crippen molar-refractivity contribution in [2.75, 3.05) is 24.5 Å². The molecule has 2 aromatic rings. The lowest BCUT2D eigenvalue weighted by molar-refractivity contribution is -0.384. The van der Waals surface area contributed by atoms with Gasteiger partial charge in [0.25, 0.3) is 5.69 Å². The number of hydrogen-bond donors (Lipinski definition) is 2. The van der Waals surface area contributed by atoms with Crippen LogP contribution in [0.1, 0.15) is 19.8 Å². The molecule has 1 atom stereocenters. The number of benzene rings is 1. The normalized spacial score (nSPS) is 18.5. The molecule has 1 aromatic carbocycles. The molecular formula is C14H19N5O2. The minimum absolute atomic E-state index is 0.0864. The Morgan fingerprint density at radius 2 is 2.43 bits per heavy atom. The van der Waals surface area contributed by atoms with Crippen LogP contribution in [0, 0.1) is 10.1 Å². The summed E-state index contributed by atoms with van der Waals surface area (Å²) in [6, 6.07) is 5.16. The summed E-state index contributed by atoms with van der Waals surface area (Å²) in [5.41, 5.74) is 1.57. The van der Waals surface area contributed by atoms with Gasteiger partial charge in [0.1, 0.15) is 0 Å². The number of aromatic nitrogens is 2. The summed E-state index contributed by atoms with van der Waals surface area (Å²) in [5, 5.41) is 14.2. The molecule has 1 aliphatic rings. The largest absolute Gasteiger partial charge is 0.338 e. The van der Waals surface area contributed by atoms with E-state index in [0.29, 0.717) is 11.6 Å². The van der Waals surface area contributed by atoms with Gasteiger partial charge in [-0.25, -0.2) is 4.98 Å². The minimum Gasteiger partial charge on any atom is -0.338 e. The van der Waals surface area contributed by atoms with E-state index in [9.17, 15) is 10.1 Å². The van der Waals surface area contributed by atoms with Gasteiger partial charge >= 0.3 is 0 Å². The van der Waals surface area contributed by atoms with Gasteiger partial charge in [-0.15, -0.1) is 0 Å². The first-order chi connectivity index (χ1) is 10.2. The Morgan fingerprint density at radius 1 is 1.57 bits per heavy atom. The van der Waals surface area contributed by atoms with Crippen LogP contribution in [0.5, 0.6) is 0 Å². The maximum absolute atomic E-state index is 10.8. The van der Waals surface area contributed by atoms with Crippen molar-refractivity contribution in [2.24, 2.45) is 0 Å². The quantitative estimate of drug-likeness (QED) is 0.650. The van der Waals surface area contributed by atoms with Crippen LogP contribution in [0.25, 0.3) is 11.0 Å². The van der Waals surface area contributed by atoms with Crippen LogP contribution in [0.2, 0.25) is 0 Å². The molecular weight excluding hydrogens is 270 g/mol. The summed E-state index contributed by atoms with van der Waals surface area (Å²) in [6.45, 7) is 4.96. The topological polar surface area (TPSA) is 87.1 Å². The number of nitrogens with one attached hydrogen (secondary N) is 2. The zero-order valence-corrected chi connectivity index (χ0v) is 12.0. The van der Waals surface area contributed by atoms with E-state index in [1.54, 1.807) is 12.1 Å². The fraction of sp³-hybridized carbons (Fsp3) is 0.500. The van der Waals surface area contributed by atoms with E-state index in [2.05, 4.69) is 27.1 Å². The van der Waals surface area contributed by atoms with Crippen molar-refractivity contribution in [3.05, 3.63) is 28.3 Å². The number of fused-ring (bicyclic) bond motifs is 1. The van der Waals surface area contributed by atoms with Crippen LogP contribution >= 0.6 is 0 Å². The van der Waals surface area contributed by atoms with Crippen molar-refractivity contribution in [2.45, 2.75) is 25.8 Å². The first kappa shape index (κ1) is 13.8. The molecule has 1 aromatic heterocycles. The van der Waals surface area contributed by atoms with Gasteiger partial charge in [0.15, 0.2) is 0 Å². The summed E-state index contributed by atoms with van der Waals surface area (Å²) < 4.78 is 0. The van der Waals surface area contributed by atoms with Crippen LogP contribution in [0.4, 0.5) is 11.6 Å². The standard InChI is InChI=1S/C14H19N5O2/c1-2-15-9-11-4-3-7-18(11)14-16-12-6-5-10(19(20)21)8-13(12)17-14/h5-6,8,11,15H,2-4,7,9H2,1H3,(H,16,17). The van der Waals surface area contributed by atoms with Crippen LogP contribution in [0.3, 0.4) is 0 Å². The Kier molecular flexibility index (Phi) is 3.74. The van der Waals surface area contributed by atoms with Gasteiger partial charge in [0.2, 0.25) is 5.95 Å². The Balaban J connectivity index is 1.88. The molecule has 7 nitrogen and oxygen atoms in total. The summed E-state index contributed by atoms with van der Waals surface area (Å²) in [7, 11) is 0. The third-order valence-corrected chi connectivity index (χ3v) is 3.94.